The van der Waals surface area contributed by atoms with Crippen molar-refractivity contribution in [1.82, 2.24) is 0 Å². The van der Waals surface area contributed by atoms with Gasteiger partial charge in [0.2, 0.25) is 12.6 Å². The summed E-state index contributed by atoms with van der Waals surface area (Å²) < 4.78 is 23.0. The van der Waals surface area contributed by atoms with E-state index in [9.17, 15) is 24.6 Å². The highest BCUT2D eigenvalue weighted by atomic mass is 16.8. The van der Waals surface area contributed by atoms with Crippen molar-refractivity contribution in [3.05, 3.63) is 36.0 Å². The molecule has 10 unspecified atom stereocenters. The van der Waals surface area contributed by atoms with Crippen molar-refractivity contribution in [3.63, 3.8) is 0 Å². The van der Waals surface area contributed by atoms with E-state index in [1.54, 1.807) is 19.1 Å². The van der Waals surface area contributed by atoms with Crippen LogP contribution in [0.2, 0.25) is 0 Å². The molecule has 1 saturated carbocycles. The lowest BCUT2D eigenvalue weighted by molar-refractivity contribution is -0.273. The molecule has 2 N–H and O–H groups in total. The molecular formula is C29H42O9. The molecule has 2 fully saturated rings. The Kier molecular flexibility index (Phi) is 8.95. The quantitative estimate of drug-likeness (QED) is 0.208. The van der Waals surface area contributed by atoms with Gasteiger partial charge in [-0.05, 0) is 49.5 Å². The Labute approximate surface area is 224 Å². The van der Waals surface area contributed by atoms with Gasteiger partial charge in [-0.2, -0.15) is 0 Å². The van der Waals surface area contributed by atoms with Gasteiger partial charge in [-0.1, -0.05) is 52.0 Å². The van der Waals surface area contributed by atoms with Crippen molar-refractivity contribution in [2.24, 2.45) is 28.6 Å². The molecule has 1 saturated heterocycles. The highest BCUT2D eigenvalue weighted by Crippen LogP contribution is 2.67. The second-order valence-electron chi connectivity index (χ2n) is 11.2. The molecule has 3 aliphatic rings. The van der Waals surface area contributed by atoms with Crippen LogP contribution in [0.25, 0.3) is 0 Å². The van der Waals surface area contributed by atoms with Crippen LogP contribution in [0.4, 0.5) is 0 Å². The van der Waals surface area contributed by atoms with Gasteiger partial charge in [-0.3, -0.25) is 19.1 Å². The number of esters is 3. The maximum Gasteiger partial charge on any atom is 0.309 e. The van der Waals surface area contributed by atoms with Crippen LogP contribution in [-0.2, 0) is 33.3 Å². The first-order valence-electron chi connectivity index (χ1n) is 13.3. The smallest absolute Gasteiger partial charge is 0.309 e. The number of hydrogen-bond donors (Lipinski definition) is 2. The van der Waals surface area contributed by atoms with Crippen molar-refractivity contribution in [2.75, 3.05) is 0 Å². The Morgan fingerprint density at radius 1 is 1.18 bits per heavy atom. The molecule has 0 aromatic heterocycles. The van der Waals surface area contributed by atoms with Gasteiger partial charge >= 0.3 is 17.9 Å². The molecule has 2 aliphatic carbocycles. The Morgan fingerprint density at radius 3 is 2.37 bits per heavy atom. The minimum atomic E-state index is -1.44. The maximum absolute atomic E-state index is 12.8. The molecule has 9 heteroatoms. The van der Waals surface area contributed by atoms with E-state index >= 15 is 0 Å². The molecule has 1 spiro atoms. The summed E-state index contributed by atoms with van der Waals surface area (Å²) in [7, 11) is 0. The molecule has 0 aromatic rings. The van der Waals surface area contributed by atoms with Crippen molar-refractivity contribution in [2.45, 2.75) is 98.6 Å². The fourth-order valence-electron chi connectivity index (χ4n) is 6.34. The molecule has 10 atom stereocenters. The summed E-state index contributed by atoms with van der Waals surface area (Å²) in [5.74, 6) is -2.89. The Hall–Kier alpha value is -2.49. The van der Waals surface area contributed by atoms with E-state index in [2.05, 4.69) is 6.58 Å². The number of hydrogen-bond acceptors (Lipinski definition) is 9. The molecule has 0 aromatic carbocycles. The summed E-state index contributed by atoms with van der Waals surface area (Å²) in [4.78, 5) is 37.0. The first-order chi connectivity index (χ1) is 17.7. The van der Waals surface area contributed by atoms with E-state index in [0.717, 1.165) is 5.57 Å². The lowest BCUT2D eigenvalue weighted by Gasteiger charge is -2.61. The van der Waals surface area contributed by atoms with Crippen LogP contribution < -0.4 is 0 Å². The Morgan fingerprint density at radius 2 is 1.82 bits per heavy atom. The average Bonchev–Trinajstić information content (AvgIpc) is 3.15. The molecule has 1 aliphatic heterocycles. The average molecular weight is 535 g/mol. The van der Waals surface area contributed by atoms with E-state index in [-0.39, 0.29) is 18.3 Å². The predicted octanol–water partition coefficient (Wildman–Crippen LogP) is 3.59. The Bertz CT molecular complexity index is 1020. The number of carbonyl (C=O) groups excluding carboxylic acids is 3. The first-order valence-corrected chi connectivity index (χ1v) is 13.3. The van der Waals surface area contributed by atoms with Crippen LogP contribution in [0.1, 0.15) is 67.7 Å². The second-order valence-corrected chi connectivity index (χ2v) is 11.2. The highest BCUT2D eigenvalue weighted by Gasteiger charge is 2.73. The molecule has 212 valence electrons. The molecule has 0 amide bonds. The zero-order valence-electron chi connectivity index (χ0n) is 23.4. The minimum Gasteiger partial charge on any atom is -0.458 e. The second kappa shape index (κ2) is 11.3. The van der Waals surface area contributed by atoms with Crippen molar-refractivity contribution in [3.8, 4) is 0 Å². The summed E-state index contributed by atoms with van der Waals surface area (Å²) in [6.07, 6.45) is 0.786. The number of aliphatic hydroxyl groups is 2. The van der Waals surface area contributed by atoms with Gasteiger partial charge < -0.3 is 24.4 Å². The molecule has 9 nitrogen and oxygen atoms in total. The fraction of sp³-hybridized carbons (Fsp3) is 0.690. The van der Waals surface area contributed by atoms with Gasteiger partial charge in [0.1, 0.15) is 6.10 Å². The monoisotopic (exact) mass is 534 g/mol. The van der Waals surface area contributed by atoms with Crippen molar-refractivity contribution in [1.29, 1.82) is 0 Å². The molecule has 0 radical (unpaired) electrons. The topological polar surface area (TPSA) is 129 Å². The van der Waals surface area contributed by atoms with Gasteiger partial charge in [-0.15, -0.1) is 0 Å². The molecule has 3 rings (SSSR count). The summed E-state index contributed by atoms with van der Waals surface area (Å²) in [5, 5.41) is 23.2. The number of carbonyl (C=O) groups is 3. The lowest BCUT2D eigenvalue weighted by atomic mass is 9.44. The van der Waals surface area contributed by atoms with Gasteiger partial charge in [0.25, 0.3) is 0 Å². The fourth-order valence-corrected chi connectivity index (χ4v) is 6.34. The predicted molar refractivity (Wildman–Crippen MR) is 138 cm³/mol. The zero-order chi connectivity index (χ0) is 28.6. The summed E-state index contributed by atoms with van der Waals surface area (Å²) in [6.45, 7) is 15.8. The number of rotatable bonds is 8. The van der Waals surface area contributed by atoms with E-state index in [0.29, 0.717) is 18.4 Å². The van der Waals surface area contributed by atoms with E-state index < -0.39 is 65.5 Å². The first kappa shape index (κ1) is 30.1. The number of aliphatic hydroxyl groups excluding tert-OH is 2. The minimum absolute atomic E-state index is 0.283. The maximum atomic E-state index is 12.8. The number of ether oxygens (including phenoxy) is 4. The van der Waals surface area contributed by atoms with Crippen LogP contribution in [0.5, 0.6) is 0 Å². The van der Waals surface area contributed by atoms with Crippen molar-refractivity contribution < 1.29 is 43.5 Å². The third kappa shape index (κ3) is 5.08. The molecule has 0 bridgehead atoms. The molecule has 1 heterocycles. The van der Waals surface area contributed by atoms with Crippen LogP contribution in [0.3, 0.4) is 0 Å². The summed E-state index contributed by atoms with van der Waals surface area (Å²) in [6, 6.07) is 0. The third-order valence-corrected chi connectivity index (χ3v) is 8.98. The third-order valence-electron chi connectivity index (χ3n) is 8.98. The van der Waals surface area contributed by atoms with Crippen LogP contribution in [0, 0.1) is 28.6 Å². The summed E-state index contributed by atoms with van der Waals surface area (Å²) >= 11 is 0. The summed E-state index contributed by atoms with van der Waals surface area (Å²) in [5.41, 5.74) is -0.861. The van der Waals surface area contributed by atoms with Crippen molar-refractivity contribution >= 4 is 17.9 Å². The highest BCUT2D eigenvalue weighted by molar-refractivity contribution is 5.72. The van der Waals surface area contributed by atoms with Crippen LogP contribution in [0.15, 0.2) is 36.0 Å². The number of allylic oxidation sites excluding steroid dienone is 3. The van der Waals surface area contributed by atoms with Crippen LogP contribution >= 0.6 is 0 Å². The standard InChI is InChI=1S/C29H42O9/c1-9-15(3)11-12-28(8)17(5)23(32)24(33)29-21(26(35-18(6)30)38-27(29)36-19(7)31)13-20(14-22(28)29)37-25(34)16(4)10-2/h9,11,13,16-17,20,22-24,26-27,32-33H,1,10,12,14H2,2-8H3/b15-11+. The van der Waals surface area contributed by atoms with Gasteiger partial charge in [-0.25, -0.2) is 0 Å². The van der Waals surface area contributed by atoms with Gasteiger partial charge in [0, 0.05) is 19.4 Å². The van der Waals surface area contributed by atoms with Gasteiger partial charge in [0.15, 0.2) is 0 Å². The van der Waals surface area contributed by atoms with Gasteiger partial charge in [0.05, 0.1) is 23.5 Å². The van der Waals surface area contributed by atoms with E-state index in [4.69, 9.17) is 18.9 Å². The Balaban J connectivity index is 2.26. The molecule has 38 heavy (non-hydrogen) atoms. The zero-order valence-corrected chi connectivity index (χ0v) is 23.4. The largest absolute Gasteiger partial charge is 0.458 e. The van der Waals surface area contributed by atoms with Crippen LogP contribution in [-0.4, -0.2) is 59.0 Å². The normalized spacial score (nSPS) is 39.2. The molecular weight excluding hydrogens is 492 g/mol. The lowest BCUT2D eigenvalue weighted by Crippen LogP contribution is -2.68. The van der Waals surface area contributed by atoms with E-state index in [1.807, 2.05) is 33.8 Å². The SMILES string of the molecule is C=C/C(C)=C/CC1(C)C(C)C(O)C(O)C23C(=CC(OC(=O)C(C)CC)CC12)C(OC(C)=O)OC3OC(C)=O. The van der Waals surface area contributed by atoms with E-state index in [1.165, 1.54) is 13.8 Å².